The molecule has 2 heterocycles. The highest BCUT2D eigenvalue weighted by molar-refractivity contribution is 7.99. The van der Waals surface area contributed by atoms with E-state index >= 15 is 0 Å². The molecule has 0 aliphatic carbocycles. The molecule has 4 rings (SSSR count). The van der Waals surface area contributed by atoms with Crippen molar-refractivity contribution in [2.75, 3.05) is 23.6 Å². The topological polar surface area (TPSA) is 135 Å². The number of imide groups is 1. The van der Waals surface area contributed by atoms with E-state index in [1.807, 2.05) is 0 Å². The Hall–Kier alpha value is -3.55. The van der Waals surface area contributed by atoms with Gasteiger partial charge in [-0.2, -0.15) is 0 Å². The number of ether oxygens (including phenoxy) is 2. The van der Waals surface area contributed by atoms with E-state index in [0.29, 0.717) is 11.3 Å². The maximum atomic E-state index is 13.9. The van der Waals surface area contributed by atoms with E-state index < -0.39 is 47.5 Å². The Kier molecular flexibility index (Phi) is 12.2. The van der Waals surface area contributed by atoms with Crippen LogP contribution in [0.15, 0.2) is 54.7 Å². The lowest BCUT2D eigenvalue weighted by atomic mass is 10.1. The summed E-state index contributed by atoms with van der Waals surface area (Å²) in [7, 11) is 1.18. The molecule has 254 valence electrons. The number of rotatable bonds is 8. The highest BCUT2D eigenvalue weighted by atomic mass is 35.5. The van der Waals surface area contributed by atoms with Crippen LogP contribution in [0.3, 0.4) is 0 Å². The SMILES string of the molecule is COC(=O)[C@H](Cc1ccc(N(C(=O)c2c(Cl)cccc2Cl)C(=O)c2c(Cl)cccc2Cl)nc1)NC(=O)[C@@H]1CSCN1C(=O)OC(C)(C)C. The molecule has 16 heteroatoms. The molecule has 48 heavy (non-hydrogen) atoms. The van der Waals surface area contributed by atoms with Crippen molar-refractivity contribution in [3.63, 3.8) is 0 Å². The van der Waals surface area contributed by atoms with Crippen LogP contribution in [0.4, 0.5) is 10.6 Å². The predicted molar refractivity (Wildman–Crippen MR) is 185 cm³/mol. The molecule has 1 aliphatic heterocycles. The van der Waals surface area contributed by atoms with Crippen LogP contribution in [-0.4, -0.2) is 76.1 Å². The number of carbonyl (C=O) groups is 5. The van der Waals surface area contributed by atoms with Crippen LogP contribution in [0.2, 0.25) is 20.1 Å². The van der Waals surface area contributed by atoms with Gasteiger partial charge in [-0.3, -0.25) is 19.3 Å². The van der Waals surface area contributed by atoms with Gasteiger partial charge in [0.2, 0.25) is 5.91 Å². The molecule has 1 saturated heterocycles. The van der Waals surface area contributed by atoms with E-state index in [1.54, 1.807) is 32.9 Å². The van der Waals surface area contributed by atoms with Gasteiger partial charge in [0.15, 0.2) is 0 Å². The van der Waals surface area contributed by atoms with E-state index in [0.717, 1.165) is 4.90 Å². The summed E-state index contributed by atoms with van der Waals surface area (Å²) < 4.78 is 10.4. The average molecular weight is 756 g/mol. The number of nitrogens with one attached hydrogen (secondary N) is 1. The molecule has 4 amide bonds. The van der Waals surface area contributed by atoms with Gasteiger partial charge in [0.1, 0.15) is 23.5 Å². The molecule has 2 atom stereocenters. The third-order valence-electron chi connectivity index (χ3n) is 6.85. The van der Waals surface area contributed by atoms with Gasteiger partial charge in [-0.25, -0.2) is 19.5 Å². The summed E-state index contributed by atoms with van der Waals surface area (Å²) in [5.74, 6) is -2.68. The number of methoxy groups -OCH3 is 1. The minimum atomic E-state index is -1.16. The Morgan fingerprint density at radius 1 is 0.938 bits per heavy atom. The lowest BCUT2D eigenvalue weighted by Crippen LogP contribution is -2.53. The van der Waals surface area contributed by atoms with Crippen LogP contribution in [0.5, 0.6) is 0 Å². The predicted octanol–water partition coefficient (Wildman–Crippen LogP) is 6.69. The van der Waals surface area contributed by atoms with E-state index in [1.165, 1.54) is 66.4 Å². The second kappa shape index (κ2) is 15.8. The zero-order valence-electron chi connectivity index (χ0n) is 26.1. The van der Waals surface area contributed by atoms with E-state index in [2.05, 4.69) is 10.3 Å². The van der Waals surface area contributed by atoms with Crippen LogP contribution < -0.4 is 10.2 Å². The van der Waals surface area contributed by atoms with Crippen LogP contribution in [0.25, 0.3) is 0 Å². The van der Waals surface area contributed by atoms with Crippen molar-refractivity contribution in [2.45, 2.75) is 44.9 Å². The Morgan fingerprint density at radius 2 is 1.48 bits per heavy atom. The number of thioether (sulfide) groups is 1. The number of nitrogens with zero attached hydrogens (tertiary/aromatic N) is 3. The van der Waals surface area contributed by atoms with Crippen molar-refractivity contribution in [2.24, 2.45) is 0 Å². The maximum Gasteiger partial charge on any atom is 0.411 e. The molecule has 2 aromatic carbocycles. The quantitative estimate of drug-likeness (QED) is 0.197. The van der Waals surface area contributed by atoms with Crippen molar-refractivity contribution in [3.8, 4) is 0 Å². The van der Waals surface area contributed by atoms with Gasteiger partial charge in [-0.1, -0.05) is 64.6 Å². The first-order valence-corrected chi connectivity index (χ1v) is 17.0. The monoisotopic (exact) mass is 754 g/mol. The van der Waals surface area contributed by atoms with Crippen molar-refractivity contribution >= 4 is 93.8 Å². The first-order chi connectivity index (χ1) is 22.6. The third-order valence-corrected chi connectivity index (χ3v) is 9.12. The zero-order chi connectivity index (χ0) is 35.3. The van der Waals surface area contributed by atoms with Gasteiger partial charge in [0, 0.05) is 18.4 Å². The second-order valence-electron chi connectivity index (χ2n) is 11.4. The van der Waals surface area contributed by atoms with Crippen LogP contribution in [0.1, 0.15) is 47.1 Å². The largest absolute Gasteiger partial charge is 0.467 e. The molecule has 0 spiro atoms. The summed E-state index contributed by atoms with van der Waals surface area (Å²) in [6, 6.07) is 9.71. The number of aromatic nitrogens is 1. The smallest absolute Gasteiger partial charge is 0.411 e. The number of esters is 1. The minimum absolute atomic E-state index is 0.00488. The Morgan fingerprint density at radius 3 is 1.94 bits per heavy atom. The Bertz CT molecular complexity index is 1630. The number of benzene rings is 2. The average Bonchev–Trinajstić information content (AvgIpc) is 3.51. The molecule has 1 fully saturated rings. The molecule has 0 saturated carbocycles. The Labute approximate surface area is 301 Å². The third kappa shape index (κ3) is 8.72. The summed E-state index contributed by atoms with van der Waals surface area (Å²) in [5, 5.41) is 2.65. The van der Waals surface area contributed by atoms with Crippen molar-refractivity contribution in [1.29, 1.82) is 0 Å². The van der Waals surface area contributed by atoms with Gasteiger partial charge in [0.25, 0.3) is 11.8 Å². The molecular weight excluding hydrogens is 726 g/mol. The first kappa shape index (κ1) is 37.3. The first-order valence-electron chi connectivity index (χ1n) is 14.3. The zero-order valence-corrected chi connectivity index (χ0v) is 29.9. The summed E-state index contributed by atoms with van der Waals surface area (Å²) in [6.07, 6.45) is 0.602. The van der Waals surface area contributed by atoms with Crippen LogP contribution in [-0.2, 0) is 25.5 Å². The van der Waals surface area contributed by atoms with Crippen molar-refractivity contribution < 1.29 is 33.4 Å². The van der Waals surface area contributed by atoms with Gasteiger partial charge in [-0.05, 0) is 56.7 Å². The number of amides is 4. The van der Waals surface area contributed by atoms with Gasteiger partial charge in [0.05, 0.1) is 44.2 Å². The van der Waals surface area contributed by atoms with Gasteiger partial charge >= 0.3 is 12.1 Å². The molecule has 0 unspecified atom stereocenters. The van der Waals surface area contributed by atoms with Gasteiger partial charge < -0.3 is 14.8 Å². The molecule has 1 N–H and O–H groups in total. The molecule has 0 bridgehead atoms. The normalized spacial score (nSPS) is 15.0. The number of pyridine rings is 1. The lowest BCUT2D eigenvalue weighted by molar-refractivity contribution is -0.145. The van der Waals surface area contributed by atoms with Gasteiger partial charge in [-0.15, -0.1) is 11.8 Å². The fraction of sp³-hybridized carbons (Fsp3) is 0.312. The van der Waals surface area contributed by atoms with E-state index in [4.69, 9.17) is 55.9 Å². The molecule has 3 aromatic rings. The summed E-state index contributed by atoms with van der Waals surface area (Å²) in [4.78, 5) is 72.9. The van der Waals surface area contributed by atoms with E-state index in [-0.39, 0.29) is 49.3 Å². The van der Waals surface area contributed by atoms with Crippen molar-refractivity contribution in [3.05, 3.63) is 91.5 Å². The number of anilines is 1. The number of halogens is 4. The number of hydrogen-bond acceptors (Lipinski definition) is 9. The fourth-order valence-electron chi connectivity index (χ4n) is 4.60. The molecule has 11 nitrogen and oxygen atoms in total. The summed E-state index contributed by atoms with van der Waals surface area (Å²) in [6.45, 7) is 5.16. The number of carbonyl (C=O) groups excluding carboxylic acids is 5. The highest BCUT2D eigenvalue weighted by Gasteiger charge is 2.39. The summed E-state index contributed by atoms with van der Waals surface area (Å²) >= 11 is 26.6. The van der Waals surface area contributed by atoms with Crippen molar-refractivity contribution in [1.82, 2.24) is 15.2 Å². The Balaban J connectivity index is 1.61. The summed E-state index contributed by atoms with van der Waals surface area (Å²) in [5.41, 5.74) is -0.626. The molecule has 1 aliphatic rings. The molecular formula is C32H30Cl4N4O7S. The molecule has 0 radical (unpaired) electrons. The number of hydrogen-bond donors (Lipinski definition) is 1. The second-order valence-corrected chi connectivity index (χ2v) is 14.0. The lowest BCUT2D eigenvalue weighted by Gasteiger charge is -2.28. The standard InChI is InChI=1S/C32H30Cl4N4O7S/c1-32(2,3)47-31(45)39-16-48-15-23(39)27(41)38-22(30(44)46-4)13-17-11-12-24(37-14-17)40(28(42)25-18(33)7-5-8-19(25)34)29(43)26-20(35)9-6-10-21(26)36/h5-12,14,22-23H,13,15-16H2,1-4H3,(H,38,41)/t22-,23-/m0/s1. The van der Waals surface area contributed by atoms with Crippen LogP contribution >= 0.6 is 58.2 Å². The fourth-order valence-corrected chi connectivity index (χ4v) is 6.86. The van der Waals surface area contributed by atoms with E-state index in [9.17, 15) is 24.0 Å². The highest BCUT2D eigenvalue weighted by Crippen LogP contribution is 2.32. The van der Waals surface area contributed by atoms with Crippen LogP contribution in [0, 0.1) is 0 Å². The maximum absolute atomic E-state index is 13.9. The molecule has 1 aromatic heterocycles. The minimum Gasteiger partial charge on any atom is -0.467 e.